The van der Waals surface area contributed by atoms with Gasteiger partial charge >= 0.3 is 41.7 Å². The quantitative estimate of drug-likeness (QED) is 0.764. The van der Waals surface area contributed by atoms with Gasteiger partial charge in [-0.05, 0) is 35.4 Å². The molecular weight excluding hydrogens is 408 g/mol. The van der Waals surface area contributed by atoms with Crippen molar-refractivity contribution in [2.75, 3.05) is 7.11 Å². The van der Waals surface area contributed by atoms with Crippen LogP contribution in [0, 0.1) is 0 Å². The van der Waals surface area contributed by atoms with Crippen LogP contribution in [-0.4, -0.2) is 30.5 Å². The van der Waals surface area contributed by atoms with Crippen LogP contribution in [0.1, 0.15) is 18.1 Å². The second-order valence-corrected chi connectivity index (χ2v) is 6.32. The van der Waals surface area contributed by atoms with Gasteiger partial charge in [-0.25, -0.2) is 4.79 Å². The summed E-state index contributed by atoms with van der Waals surface area (Å²) in [5.41, 5.74) is 0.630. The number of halogens is 4. The molecule has 0 spiro atoms. The van der Waals surface area contributed by atoms with Crippen molar-refractivity contribution in [2.24, 2.45) is 0 Å². The predicted molar refractivity (Wildman–Crippen MR) is 94.4 cm³/mol. The van der Waals surface area contributed by atoms with E-state index in [1.165, 1.54) is 19.2 Å². The molecule has 1 heterocycles. The molecule has 3 rings (SSSR count). The summed E-state index contributed by atoms with van der Waals surface area (Å²) < 4.78 is 49.9. The average molecular weight is 423 g/mol. The fourth-order valence-electron chi connectivity index (χ4n) is 2.87. The van der Waals surface area contributed by atoms with Gasteiger partial charge in [-0.15, -0.1) is 0 Å². The zero-order chi connectivity index (χ0) is 19.8. The van der Waals surface area contributed by atoms with Gasteiger partial charge in [0.15, 0.2) is 0 Å². The Bertz CT molecular complexity index is 934. The van der Waals surface area contributed by atoms with Crippen molar-refractivity contribution >= 4 is 23.6 Å². The second-order valence-electron chi connectivity index (χ2n) is 5.91. The number of aliphatic carboxylic acids is 1. The van der Waals surface area contributed by atoms with E-state index in [4.69, 9.17) is 26.2 Å². The van der Waals surface area contributed by atoms with Crippen LogP contribution in [0.2, 0.25) is 5.02 Å². The van der Waals surface area contributed by atoms with E-state index in [9.17, 15) is 18.0 Å². The third kappa shape index (κ3) is 4.66. The molecule has 0 bridgehead atoms. The number of hydrogen-bond acceptors (Lipinski definition) is 3. The molecule has 0 saturated heterocycles. The van der Waals surface area contributed by atoms with E-state index in [-0.39, 0.29) is 47.3 Å². The van der Waals surface area contributed by atoms with Crippen molar-refractivity contribution in [3.63, 3.8) is 0 Å². The summed E-state index contributed by atoms with van der Waals surface area (Å²) in [6.45, 7) is 0. The fraction of sp³-hybridized carbons (Fsp3) is 0.211. The first-order valence-corrected chi connectivity index (χ1v) is 8.21. The van der Waals surface area contributed by atoms with Gasteiger partial charge < -0.3 is 16.0 Å². The molecule has 1 aliphatic rings. The zero-order valence-corrected chi connectivity index (χ0v) is 17.8. The number of methoxy groups -OCH3 is 1. The molecule has 0 fully saturated rings. The number of ether oxygens (including phenoxy) is 2. The third-order valence-corrected chi connectivity index (χ3v) is 4.49. The van der Waals surface area contributed by atoms with E-state index in [0.29, 0.717) is 17.7 Å². The Morgan fingerprint density at radius 1 is 1.29 bits per heavy atom. The Morgan fingerprint density at radius 3 is 2.57 bits per heavy atom. The third-order valence-electron chi connectivity index (χ3n) is 4.13. The van der Waals surface area contributed by atoms with Crippen molar-refractivity contribution in [3.05, 3.63) is 63.7 Å². The van der Waals surface area contributed by atoms with Crippen molar-refractivity contribution < 1.29 is 63.5 Å². The Morgan fingerprint density at radius 2 is 1.96 bits per heavy atom. The van der Waals surface area contributed by atoms with E-state index in [2.05, 4.69) is 0 Å². The zero-order valence-electron chi connectivity index (χ0n) is 16.0. The minimum Gasteiger partial charge on any atom is -1.00 e. The molecule has 1 aliphatic heterocycles. The first kappa shape index (κ1) is 22.6. The molecule has 0 aromatic heterocycles. The maximum absolute atomic E-state index is 13.2. The minimum atomic E-state index is -4.86. The number of para-hydroxylation sites is 1. The summed E-state index contributed by atoms with van der Waals surface area (Å²) >= 11 is 6.26. The van der Waals surface area contributed by atoms with Crippen LogP contribution in [0.5, 0.6) is 11.5 Å². The largest absolute Gasteiger partial charge is 1.00 e. The molecule has 0 saturated carbocycles. The molecule has 0 radical (unpaired) electrons. The Hall–Kier alpha value is -1.67. The molecule has 1 atom stereocenters. The van der Waals surface area contributed by atoms with Crippen LogP contribution in [0.25, 0.3) is 6.08 Å². The van der Waals surface area contributed by atoms with Crippen LogP contribution < -0.4 is 39.0 Å². The van der Waals surface area contributed by atoms with E-state index in [1.807, 2.05) is 12.1 Å². The molecule has 2 aromatic rings. The number of alkyl halides is 3. The second kappa shape index (κ2) is 8.78. The molecule has 28 heavy (non-hydrogen) atoms. The summed E-state index contributed by atoms with van der Waals surface area (Å²) in [5, 5.41) is 9.37. The molecule has 0 amide bonds. The van der Waals surface area contributed by atoms with Crippen molar-refractivity contribution in [1.82, 2.24) is 0 Å². The number of hydrogen-bond donors (Lipinski definition) is 1. The van der Waals surface area contributed by atoms with Gasteiger partial charge in [-0.1, -0.05) is 29.8 Å². The van der Waals surface area contributed by atoms with Gasteiger partial charge in [0.1, 0.15) is 11.5 Å². The van der Waals surface area contributed by atoms with E-state index < -0.39 is 23.8 Å². The first-order valence-electron chi connectivity index (χ1n) is 7.83. The normalized spacial score (nSPS) is 15.6. The molecule has 2 aromatic carbocycles. The van der Waals surface area contributed by atoms with Crippen molar-refractivity contribution in [1.29, 1.82) is 0 Å². The van der Waals surface area contributed by atoms with Gasteiger partial charge in [-0.2, -0.15) is 13.2 Å². The number of carbonyl (C=O) groups is 1. The molecule has 144 valence electrons. The van der Waals surface area contributed by atoms with Gasteiger partial charge in [0.05, 0.1) is 12.7 Å². The summed E-state index contributed by atoms with van der Waals surface area (Å²) in [7, 11) is 1.52. The number of fused-ring (bicyclic) bond motifs is 1. The van der Waals surface area contributed by atoms with Crippen LogP contribution in [-0.2, 0) is 11.2 Å². The molecular formula is C19H15ClF3NaO4. The number of benzene rings is 2. The standard InChI is InChI=1S/C19H14ClF3O4.Na.H/c1-26-15-5-3-2-4-10(15)6-11-9-16-12(8-14(11)20)7-13(18(24)25)17(27-16)19(21,22)23;;/h2-5,7-9,17H,6H2,1H3,(H,24,25);;/q;+1;-1. The van der Waals surface area contributed by atoms with Gasteiger partial charge in [0.2, 0.25) is 6.10 Å². The number of carboxylic acids is 1. The van der Waals surface area contributed by atoms with Crippen LogP contribution >= 0.6 is 11.6 Å². The molecule has 4 nitrogen and oxygen atoms in total. The van der Waals surface area contributed by atoms with Crippen molar-refractivity contribution in [2.45, 2.75) is 18.7 Å². The first-order chi connectivity index (χ1) is 12.7. The SMILES string of the molecule is COc1ccccc1Cc1cc2c(cc1Cl)C=C(C(=O)O)C(C(F)(F)F)O2.[H-].[Na+]. The summed E-state index contributed by atoms with van der Waals surface area (Å²) in [4.78, 5) is 11.2. The smallest absolute Gasteiger partial charge is 1.00 e. The van der Waals surface area contributed by atoms with E-state index >= 15 is 0 Å². The fourth-order valence-corrected chi connectivity index (χ4v) is 3.11. The summed E-state index contributed by atoms with van der Waals surface area (Å²) in [6, 6.07) is 9.99. The van der Waals surface area contributed by atoms with Gasteiger partial charge in [0, 0.05) is 17.0 Å². The minimum absolute atomic E-state index is 0. The van der Waals surface area contributed by atoms with Gasteiger partial charge in [0.25, 0.3) is 0 Å². The number of carboxylic acid groups (broad SMARTS) is 1. The Kier molecular flexibility index (Phi) is 7.09. The van der Waals surface area contributed by atoms with E-state index in [1.54, 1.807) is 12.1 Å². The van der Waals surface area contributed by atoms with Crippen LogP contribution in [0.4, 0.5) is 13.2 Å². The summed E-state index contributed by atoms with van der Waals surface area (Å²) in [6.07, 6.45) is -6.14. The molecule has 1 unspecified atom stereocenters. The Balaban J connectivity index is 0.00000210. The molecule has 0 aliphatic carbocycles. The Labute approximate surface area is 187 Å². The molecule has 9 heteroatoms. The average Bonchev–Trinajstić information content (AvgIpc) is 2.61. The van der Waals surface area contributed by atoms with Gasteiger partial charge in [-0.3, -0.25) is 0 Å². The maximum Gasteiger partial charge on any atom is 1.00 e. The van der Waals surface area contributed by atoms with Crippen LogP contribution in [0.15, 0.2) is 42.0 Å². The summed E-state index contributed by atoms with van der Waals surface area (Å²) in [5.74, 6) is -1.15. The topological polar surface area (TPSA) is 55.8 Å². The molecule has 1 N–H and O–H groups in total. The van der Waals surface area contributed by atoms with Crippen LogP contribution in [0.3, 0.4) is 0 Å². The monoisotopic (exact) mass is 422 g/mol. The van der Waals surface area contributed by atoms with Crippen molar-refractivity contribution in [3.8, 4) is 11.5 Å². The number of rotatable bonds is 4. The maximum atomic E-state index is 13.2. The van der Waals surface area contributed by atoms with E-state index in [0.717, 1.165) is 11.6 Å². The predicted octanol–water partition coefficient (Wildman–Crippen LogP) is 1.85.